The van der Waals surface area contributed by atoms with Gasteiger partial charge in [0.25, 0.3) is 5.91 Å². The first-order valence-corrected chi connectivity index (χ1v) is 8.22. The van der Waals surface area contributed by atoms with Gasteiger partial charge in [-0.1, -0.05) is 12.1 Å². The molecule has 0 fully saturated rings. The van der Waals surface area contributed by atoms with E-state index in [1.165, 1.54) is 12.1 Å². The van der Waals surface area contributed by atoms with E-state index in [0.717, 1.165) is 6.92 Å². The van der Waals surface area contributed by atoms with Crippen LogP contribution in [-0.4, -0.2) is 27.9 Å². The molecule has 0 saturated carbocycles. The number of ether oxygens (including phenoxy) is 1. The maximum absolute atomic E-state index is 13.6. The Bertz CT molecular complexity index is 1030. The average molecular weight is 407 g/mol. The third kappa shape index (κ3) is 4.26. The molecule has 6 nitrogen and oxygen atoms in total. The summed E-state index contributed by atoms with van der Waals surface area (Å²) in [5.74, 6) is -8.38. The lowest BCUT2D eigenvalue weighted by Crippen LogP contribution is -2.31. The van der Waals surface area contributed by atoms with Crippen molar-refractivity contribution in [2.24, 2.45) is 0 Å². The molecule has 29 heavy (non-hydrogen) atoms. The van der Waals surface area contributed by atoms with Crippen molar-refractivity contribution < 1.29 is 31.9 Å². The Kier molecular flexibility index (Phi) is 5.62. The third-order valence-electron chi connectivity index (χ3n) is 3.91. The Labute approximate surface area is 161 Å². The highest BCUT2D eigenvalue weighted by Gasteiger charge is 2.25. The summed E-state index contributed by atoms with van der Waals surface area (Å²) in [6.45, 7) is 1.13. The largest absolute Gasteiger partial charge is 0.449 e. The van der Waals surface area contributed by atoms with Gasteiger partial charge in [0, 0.05) is 24.0 Å². The molecule has 2 N–H and O–H groups in total. The molecule has 0 spiro atoms. The molecule has 1 aromatic heterocycles. The molecule has 3 rings (SSSR count). The van der Waals surface area contributed by atoms with Crippen molar-refractivity contribution >= 4 is 17.6 Å². The van der Waals surface area contributed by atoms with Crippen LogP contribution < -0.4 is 5.32 Å². The molecule has 1 unspecified atom stereocenters. The number of carbonyl (C=O) groups excluding carboxylic acids is 2. The van der Waals surface area contributed by atoms with Crippen LogP contribution in [0.15, 0.2) is 42.7 Å². The molecule has 0 aliphatic heterocycles. The van der Waals surface area contributed by atoms with Crippen LogP contribution in [-0.2, 0) is 9.53 Å². The number of benzene rings is 2. The molecule has 1 heterocycles. The molecule has 3 aromatic rings. The van der Waals surface area contributed by atoms with Crippen molar-refractivity contribution in [2.75, 3.05) is 5.32 Å². The second-order valence-corrected chi connectivity index (χ2v) is 5.90. The van der Waals surface area contributed by atoms with Crippen LogP contribution in [0, 0.1) is 23.3 Å². The number of rotatable bonds is 5. The number of H-pyrrole nitrogens is 1. The Balaban J connectivity index is 1.68. The van der Waals surface area contributed by atoms with E-state index in [4.69, 9.17) is 4.74 Å². The first kappa shape index (κ1) is 20.1. The number of nitrogens with one attached hydrogen (secondary N) is 2. The maximum Gasteiger partial charge on any atom is 0.338 e. The third-order valence-corrected chi connectivity index (χ3v) is 3.91. The van der Waals surface area contributed by atoms with Crippen molar-refractivity contribution in [3.63, 3.8) is 0 Å². The summed E-state index contributed by atoms with van der Waals surface area (Å²) in [6.07, 6.45) is 1.69. The average Bonchev–Trinajstić information content (AvgIpc) is 3.24. The molecule has 0 aliphatic rings. The van der Waals surface area contributed by atoms with Gasteiger partial charge in [0.1, 0.15) is 11.5 Å². The van der Waals surface area contributed by atoms with Gasteiger partial charge in [-0.3, -0.25) is 4.79 Å². The molecule has 0 bridgehead atoms. The van der Waals surface area contributed by atoms with Crippen LogP contribution in [0.3, 0.4) is 0 Å². The van der Waals surface area contributed by atoms with Gasteiger partial charge in [-0.25, -0.2) is 27.3 Å². The lowest BCUT2D eigenvalue weighted by molar-refractivity contribution is -0.123. The number of hydrogen-bond acceptors (Lipinski definition) is 4. The smallest absolute Gasteiger partial charge is 0.338 e. The number of hydrogen-bond donors (Lipinski definition) is 2. The summed E-state index contributed by atoms with van der Waals surface area (Å²) in [4.78, 5) is 31.1. The molecular weight excluding hydrogens is 394 g/mol. The fraction of sp³-hybridized carbons (Fsp3) is 0.105. The van der Waals surface area contributed by atoms with Crippen molar-refractivity contribution in [3.8, 4) is 11.4 Å². The molecule has 0 aliphatic carbocycles. The van der Waals surface area contributed by atoms with Gasteiger partial charge < -0.3 is 15.0 Å². The second-order valence-electron chi connectivity index (χ2n) is 5.90. The molecule has 1 atom stereocenters. The maximum atomic E-state index is 13.6. The van der Waals surface area contributed by atoms with Gasteiger partial charge in [-0.15, -0.1) is 0 Å². The van der Waals surface area contributed by atoms with Crippen LogP contribution in [0.5, 0.6) is 0 Å². The van der Waals surface area contributed by atoms with Crippen LogP contribution in [0.25, 0.3) is 11.4 Å². The predicted octanol–water partition coefficient (Wildman–Crippen LogP) is 3.82. The number of halogens is 4. The van der Waals surface area contributed by atoms with Gasteiger partial charge in [-0.2, -0.15) is 0 Å². The van der Waals surface area contributed by atoms with Gasteiger partial charge in [0.05, 0.1) is 5.56 Å². The van der Waals surface area contributed by atoms with Gasteiger partial charge >= 0.3 is 5.97 Å². The Morgan fingerprint density at radius 2 is 1.69 bits per heavy atom. The fourth-order valence-corrected chi connectivity index (χ4v) is 2.38. The highest BCUT2D eigenvalue weighted by molar-refractivity contribution is 5.97. The first-order valence-electron chi connectivity index (χ1n) is 8.22. The zero-order valence-corrected chi connectivity index (χ0v) is 14.8. The zero-order chi connectivity index (χ0) is 21.1. The van der Waals surface area contributed by atoms with E-state index in [-0.39, 0.29) is 11.6 Å². The number of anilines is 1. The first-order chi connectivity index (χ1) is 13.8. The molecule has 10 heteroatoms. The lowest BCUT2D eigenvalue weighted by atomic mass is 10.1. The molecule has 150 valence electrons. The minimum absolute atomic E-state index is 0.0101. The Morgan fingerprint density at radius 1 is 1.07 bits per heavy atom. The Hall–Kier alpha value is -3.69. The van der Waals surface area contributed by atoms with Crippen molar-refractivity contribution in [3.05, 3.63) is 71.6 Å². The van der Waals surface area contributed by atoms with Crippen molar-refractivity contribution in [1.29, 1.82) is 0 Å². The predicted molar refractivity (Wildman–Crippen MR) is 93.8 cm³/mol. The highest BCUT2D eigenvalue weighted by Crippen LogP contribution is 2.24. The van der Waals surface area contributed by atoms with E-state index in [9.17, 15) is 27.2 Å². The van der Waals surface area contributed by atoms with E-state index in [1.807, 2.05) is 0 Å². The SMILES string of the molecule is CC(OC(=O)c1ccc(-c2ncc[nH]2)cc1)C(=O)Nc1c(F)c(F)cc(F)c1F. The van der Waals surface area contributed by atoms with E-state index < -0.39 is 46.9 Å². The van der Waals surface area contributed by atoms with E-state index in [2.05, 4.69) is 9.97 Å². The number of aromatic amines is 1. The van der Waals surface area contributed by atoms with Crippen molar-refractivity contribution in [2.45, 2.75) is 13.0 Å². The van der Waals surface area contributed by atoms with Gasteiger partial charge in [0.2, 0.25) is 0 Å². The summed E-state index contributed by atoms with van der Waals surface area (Å²) >= 11 is 0. The molecule has 1 amide bonds. The number of carbonyl (C=O) groups is 2. The summed E-state index contributed by atoms with van der Waals surface area (Å²) in [5.41, 5.74) is -0.497. The normalized spacial score (nSPS) is 11.8. The standard InChI is InChI=1S/C19H13F4N3O3/c1-9(18(27)26-16-14(22)12(20)8-13(21)15(16)23)29-19(28)11-4-2-10(3-5-11)17-24-6-7-25-17/h2-9H,1H3,(H,24,25)(H,26,27). The zero-order valence-electron chi connectivity index (χ0n) is 14.8. The lowest BCUT2D eigenvalue weighted by Gasteiger charge is -2.15. The monoisotopic (exact) mass is 407 g/mol. The van der Waals surface area contributed by atoms with Gasteiger partial charge in [0.15, 0.2) is 29.4 Å². The number of esters is 1. The van der Waals surface area contributed by atoms with Crippen LogP contribution in [0.2, 0.25) is 0 Å². The van der Waals surface area contributed by atoms with Crippen LogP contribution in [0.4, 0.5) is 23.2 Å². The number of amides is 1. The highest BCUT2D eigenvalue weighted by atomic mass is 19.2. The summed E-state index contributed by atoms with van der Waals surface area (Å²) in [7, 11) is 0. The number of imidazole rings is 1. The number of aromatic nitrogens is 2. The molecule has 0 saturated heterocycles. The van der Waals surface area contributed by atoms with E-state index in [1.54, 1.807) is 29.8 Å². The van der Waals surface area contributed by atoms with Crippen LogP contribution >= 0.6 is 0 Å². The molecule has 0 radical (unpaired) electrons. The van der Waals surface area contributed by atoms with Crippen molar-refractivity contribution in [1.82, 2.24) is 9.97 Å². The molecule has 2 aromatic carbocycles. The summed E-state index contributed by atoms with van der Waals surface area (Å²) < 4.78 is 58.6. The summed E-state index contributed by atoms with van der Waals surface area (Å²) in [6, 6.07) is 6.08. The second kappa shape index (κ2) is 8.13. The van der Waals surface area contributed by atoms with Gasteiger partial charge in [-0.05, 0) is 19.1 Å². The minimum Gasteiger partial charge on any atom is -0.449 e. The molecular formula is C19H13F4N3O3. The van der Waals surface area contributed by atoms with E-state index in [0.29, 0.717) is 11.4 Å². The van der Waals surface area contributed by atoms with E-state index >= 15 is 0 Å². The quantitative estimate of drug-likeness (QED) is 0.383. The van der Waals surface area contributed by atoms with Crippen LogP contribution in [0.1, 0.15) is 17.3 Å². The number of nitrogens with zero attached hydrogens (tertiary/aromatic N) is 1. The fourth-order valence-electron chi connectivity index (χ4n) is 2.38. The topological polar surface area (TPSA) is 84.1 Å². The summed E-state index contributed by atoms with van der Waals surface area (Å²) in [5, 5.41) is 1.69. The Morgan fingerprint density at radius 3 is 2.24 bits per heavy atom. The minimum atomic E-state index is -1.77.